The van der Waals surface area contributed by atoms with E-state index in [-0.39, 0.29) is 0 Å². The highest BCUT2D eigenvalue weighted by Gasteiger charge is 1.55. The summed E-state index contributed by atoms with van der Waals surface area (Å²) < 4.78 is 0. The van der Waals surface area contributed by atoms with Crippen LogP contribution in [0, 0.1) is 0 Å². The molecule has 1 nitrogen and oxygen atoms in total. The Morgan fingerprint density at radius 1 is 0.917 bits per heavy atom. The number of hydrogen-bond acceptors (Lipinski definition) is 1. The van der Waals surface area contributed by atoms with Crippen molar-refractivity contribution >= 4 is 6.21 Å². The molecule has 0 atom stereocenters. The minimum atomic E-state index is 1.48. The average Bonchev–Trinajstić information content (AvgIpc) is 2.19. The molecule has 1 heteroatoms. The second kappa shape index (κ2) is 32.7. The molecule has 0 bridgehead atoms. The number of allylic oxidation sites excluding steroid dienone is 3. The molecule has 0 aromatic heterocycles. The van der Waals surface area contributed by atoms with Crippen molar-refractivity contribution in [2.75, 3.05) is 0 Å². The Bertz CT molecular complexity index is 105. The molecule has 0 aliphatic heterocycles. The zero-order valence-corrected chi connectivity index (χ0v) is 8.75. The van der Waals surface area contributed by atoms with Gasteiger partial charge in [0.05, 0.1) is 0 Å². The lowest BCUT2D eigenvalue weighted by Crippen LogP contribution is -1.57. The van der Waals surface area contributed by atoms with Gasteiger partial charge >= 0.3 is 0 Å². The quantitative estimate of drug-likeness (QED) is 0.445. The van der Waals surface area contributed by atoms with Crippen LogP contribution in [-0.4, -0.2) is 6.21 Å². The van der Waals surface area contributed by atoms with Gasteiger partial charge in [-0.2, -0.15) is 0 Å². The standard InChI is InChI=1S/C7H9N.2C2H6/c1-3-5-6-7-8-4-2;2*1-2/h3-7H,1-2H2;2*1-2H3/b6-5-,8-7?;;. The van der Waals surface area contributed by atoms with Crippen molar-refractivity contribution in [3.63, 3.8) is 0 Å². The van der Waals surface area contributed by atoms with E-state index in [1.807, 2.05) is 27.7 Å². The van der Waals surface area contributed by atoms with Gasteiger partial charge in [-0.1, -0.05) is 53.0 Å². The smallest absolute Gasteiger partial charge is 0.0267 e. The van der Waals surface area contributed by atoms with Crippen molar-refractivity contribution < 1.29 is 0 Å². The molecule has 0 aromatic carbocycles. The first-order chi connectivity index (χ1) is 5.91. The van der Waals surface area contributed by atoms with Gasteiger partial charge < -0.3 is 0 Å². The highest BCUT2D eigenvalue weighted by atomic mass is 14.6. The summed E-state index contributed by atoms with van der Waals surface area (Å²) in [6, 6.07) is 0. The van der Waals surface area contributed by atoms with Gasteiger partial charge in [0.2, 0.25) is 0 Å². The third-order valence-electron chi connectivity index (χ3n) is 0.525. The van der Waals surface area contributed by atoms with Gasteiger partial charge in [-0.15, -0.1) is 0 Å². The molecule has 0 spiro atoms. The summed E-state index contributed by atoms with van der Waals surface area (Å²) in [5, 5.41) is 0. The Kier molecular flexibility index (Phi) is 46.6. The third kappa shape index (κ3) is 36.6. The van der Waals surface area contributed by atoms with Crippen LogP contribution in [0.5, 0.6) is 0 Å². The van der Waals surface area contributed by atoms with Crippen LogP contribution in [0.2, 0.25) is 0 Å². The van der Waals surface area contributed by atoms with Crippen molar-refractivity contribution in [3.05, 3.63) is 37.6 Å². The molecule has 0 rings (SSSR count). The second-order valence-corrected chi connectivity index (χ2v) is 1.10. The van der Waals surface area contributed by atoms with E-state index in [0.29, 0.717) is 0 Å². The zero-order chi connectivity index (χ0) is 10.2. The molecular weight excluding hydrogens is 146 g/mol. The molecule has 0 amide bonds. The molecular formula is C11H21N. The minimum Gasteiger partial charge on any atom is -0.265 e. The van der Waals surface area contributed by atoms with Crippen molar-refractivity contribution in [3.8, 4) is 0 Å². The van der Waals surface area contributed by atoms with Gasteiger partial charge in [0.1, 0.15) is 0 Å². The lowest BCUT2D eigenvalue weighted by Gasteiger charge is -1.67. The summed E-state index contributed by atoms with van der Waals surface area (Å²) in [5.41, 5.74) is 0. The van der Waals surface area contributed by atoms with E-state index in [2.05, 4.69) is 18.2 Å². The normalized spacial score (nSPS) is 8.00. The second-order valence-electron chi connectivity index (χ2n) is 1.10. The molecule has 0 N–H and O–H groups in total. The van der Waals surface area contributed by atoms with Gasteiger partial charge in [0.25, 0.3) is 0 Å². The van der Waals surface area contributed by atoms with Gasteiger partial charge in [-0.05, 0) is 6.08 Å². The fraction of sp³-hybridized carbons (Fsp3) is 0.364. The molecule has 12 heavy (non-hydrogen) atoms. The largest absolute Gasteiger partial charge is 0.265 e. The predicted molar refractivity (Wildman–Crippen MR) is 60.7 cm³/mol. The maximum absolute atomic E-state index is 3.71. The topological polar surface area (TPSA) is 12.4 Å². The van der Waals surface area contributed by atoms with Gasteiger partial charge in [-0.25, -0.2) is 0 Å². The van der Waals surface area contributed by atoms with E-state index in [0.717, 1.165) is 0 Å². The Balaban J connectivity index is -0.000000175. The first-order valence-electron chi connectivity index (χ1n) is 4.33. The zero-order valence-electron chi connectivity index (χ0n) is 8.75. The molecule has 0 fully saturated rings. The molecule has 0 radical (unpaired) electrons. The number of aliphatic imine (C=N–C) groups is 1. The predicted octanol–water partition coefficient (Wildman–Crippen LogP) is 4.00. The average molecular weight is 167 g/mol. The number of nitrogens with zero attached hydrogens (tertiary/aromatic N) is 1. The molecule has 0 saturated heterocycles. The summed E-state index contributed by atoms with van der Waals surface area (Å²) in [6.45, 7) is 14.9. The van der Waals surface area contributed by atoms with Crippen LogP contribution >= 0.6 is 0 Å². The SMILES string of the molecule is C=C/C=C\C=NC=C.CC.CC. The molecule has 0 aromatic rings. The van der Waals surface area contributed by atoms with E-state index in [1.54, 1.807) is 24.4 Å². The van der Waals surface area contributed by atoms with E-state index in [9.17, 15) is 0 Å². The van der Waals surface area contributed by atoms with E-state index in [1.165, 1.54) is 6.20 Å². The lowest BCUT2D eigenvalue weighted by molar-refractivity contribution is 1.50. The van der Waals surface area contributed by atoms with Crippen LogP contribution in [-0.2, 0) is 0 Å². The lowest BCUT2D eigenvalue weighted by atomic mass is 10.5. The number of hydrogen-bond donors (Lipinski definition) is 0. The van der Waals surface area contributed by atoms with Crippen molar-refractivity contribution in [2.24, 2.45) is 4.99 Å². The van der Waals surface area contributed by atoms with Crippen molar-refractivity contribution in [1.82, 2.24) is 0 Å². The van der Waals surface area contributed by atoms with Gasteiger partial charge in [0, 0.05) is 12.4 Å². The summed E-state index contributed by atoms with van der Waals surface area (Å²) in [6.07, 6.45) is 8.40. The highest BCUT2D eigenvalue weighted by molar-refractivity contribution is 5.71. The third-order valence-corrected chi connectivity index (χ3v) is 0.525. The van der Waals surface area contributed by atoms with Crippen molar-refractivity contribution in [2.45, 2.75) is 27.7 Å². The fourth-order valence-electron chi connectivity index (χ4n) is 0.239. The maximum atomic E-state index is 3.71. The first kappa shape index (κ1) is 17.1. The summed E-state index contributed by atoms with van der Waals surface area (Å²) in [5.74, 6) is 0. The van der Waals surface area contributed by atoms with Crippen LogP contribution in [0.4, 0.5) is 0 Å². The Morgan fingerprint density at radius 3 is 1.75 bits per heavy atom. The van der Waals surface area contributed by atoms with Crippen LogP contribution < -0.4 is 0 Å². The Hall–Kier alpha value is -1.11. The monoisotopic (exact) mass is 167 g/mol. The molecule has 0 aliphatic carbocycles. The van der Waals surface area contributed by atoms with E-state index >= 15 is 0 Å². The molecule has 0 unspecified atom stereocenters. The molecule has 0 heterocycles. The Morgan fingerprint density at radius 2 is 1.42 bits per heavy atom. The first-order valence-corrected chi connectivity index (χ1v) is 4.33. The van der Waals surface area contributed by atoms with Crippen LogP contribution in [0.15, 0.2) is 42.6 Å². The maximum Gasteiger partial charge on any atom is 0.0267 e. The highest BCUT2D eigenvalue weighted by Crippen LogP contribution is 1.69. The molecule has 70 valence electrons. The van der Waals surface area contributed by atoms with Crippen LogP contribution in [0.3, 0.4) is 0 Å². The van der Waals surface area contributed by atoms with E-state index < -0.39 is 0 Å². The summed E-state index contributed by atoms with van der Waals surface area (Å²) in [4.78, 5) is 3.71. The van der Waals surface area contributed by atoms with Crippen molar-refractivity contribution in [1.29, 1.82) is 0 Å². The fourth-order valence-corrected chi connectivity index (χ4v) is 0.239. The minimum absolute atomic E-state index is 1.48. The molecule has 0 aliphatic rings. The summed E-state index contributed by atoms with van der Waals surface area (Å²) >= 11 is 0. The Labute approximate surface area is 77.2 Å². The van der Waals surface area contributed by atoms with E-state index in [4.69, 9.17) is 0 Å². The van der Waals surface area contributed by atoms with Gasteiger partial charge in [-0.3, -0.25) is 4.99 Å². The summed E-state index contributed by atoms with van der Waals surface area (Å²) in [7, 11) is 0. The van der Waals surface area contributed by atoms with Gasteiger partial charge in [0.15, 0.2) is 0 Å². The molecule has 0 saturated carbocycles. The number of rotatable bonds is 3. The van der Waals surface area contributed by atoms with Crippen LogP contribution in [0.1, 0.15) is 27.7 Å². The van der Waals surface area contributed by atoms with Crippen LogP contribution in [0.25, 0.3) is 0 Å².